The quantitative estimate of drug-likeness (QED) is 0.833. The van der Waals surface area contributed by atoms with Gasteiger partial charge in [0, 0.05) is 24.7 Å². The summed E-state index contributed by atoms with van der Waals surface area (Å²) >= 11 is 1.81. The molecule has 0 saturated heterocycles. The summed E-state index contributed by atoms with van der Waals surface area (Å²) in [5, 5.41) is 4.50. The standard InChI is InChI=1S/C21H28N4S.ClH/c1-14-15(2)17(4)20(18(5)16(14)3)11-26-21-23-12-25(13-24-21)10-19-7-6-8-22-9-19;/h6-9H,10-13H2,1-5H3,(H,23,24);1H/p-1. The molecule has 0 atom stereocenters. The fourth-order valence-electron chi connectivity index (χ4n) is 3.34. The SMILES string of the molecule is Cc1c(C)c(C)c(CSC2=NCN(Cc3cccnc3)CN2)c(C)c1C.[Cl-]. The van der Waals surface area contributed by atoms with Crippen molar-refractivity contribution in [1.29, 1.82) is 0 Å². The van der Waals surface area contributed by atoms with Crippen LogP contribution in [0.1, 0.15) is 38.9 Å². The summed E-state index contributed by atoms with van der Waals surface area (Å²) in [6.07, 6.45) is 3.73. The summed E-state index contributed by atoms with van der Waals surface area (Å²) in [5.74, 6) is 0.966. The van der Waals surface area contributed by atoms with Crippen molar-refractivity contribution in [1.82, 2.24) is 15.2 Å². The summed E-state index contributed by atoms with van der Waals surface area (Å²) in [6, 6.07) is 4.09. The van der Waals surface area contributed by atoms with Gasteiger partial charge in [-0.1, -0.05) is 17.8 Å². The minimum Gasteiger partial charge on any atom is -1.00 e. The summed E-state index contributed by atoms with van der Waals surface area (Å²) in [5.41, 5.74) is 9.79. The van der Waals surface area contributed by atoms with Crippen LogP contribution >= 0.6 is 11.8 Å². The maximum absolute atomic E-state index is 4.72. The number of hydrogen-bond donors (Lipinski definition) is 1. The number of aromatic nitrogens is 1. The summed E-state index contributed by atoms with van der Waals surface area (Å²) < 4.78 is 0. The lowest BCUT2D eigenvalue weighted by Gasteiger charge is -2.26. The first-order valence-corrected chi connectivity index (χ1v) is 10.0. The van der Waals surface area contributed by atoms with Crippen LogP contribution in [-0.4, -0.2) is 28.4 Å². The van der Waals surface area contributed by atoms with E-state index in [1.54, 1.807) is 0 Å². The first-order valence-electron chi connectivity index (χ1n) is 9.05. The molecule has 1 aliphatic heterocycles. The summed E-state index contributed by atoms with van der Waals surface area (Å²) in [4.78, 5) is 11.2. The van der Waals surface area contributed by atoms with Gasteiger partial charge in [-0.15, -0.1) is 0 Å². The highest BCUT2D eigenvalue weighted by Crippen LogP contribution is 2.29. The highest BCUT2D eigenvalue weighted by Gasteiger charge is 2.16. The average molecular weight is 404 g/mol. The molecule has 146 valence electrons. The molecular weight excluding hydrogens is 376 g/mol. The highest BCUT2D eigenvalue weighted by molar-refractivity contribution is 8.13. The van der Waals surface area contributed by atoms with Crippen molar-refractivity contribution >= 4 is 16.9 Å². The minimum absolute atomic E-state index is 0. The molecule has 0 bridgehead atoms. The lowest BCUT2D eigenvalue weighted by atomic mass is 9.90. The van der Waals surface area contributed by atoms with Crippen LogP contribution in [0.3, 0.4) is 0 Å². The maximum atomic E-state index is 4.72. The maximum Gasteiger partial charge on any atom is 0.159 e. The van der Waals surface area contributed by atoms with Crippen molar-refractivity contribution in [2.24, 2.45) is 4.99 Å². The number of nitrogens with one attached hydrogen (secondary N) is 1. The third-order valence-electron chi connectivity index (χ3n) is 5.51. The molecule has 3 rings (SSSR count). The second-order valence-corrected chi connectivity index (χ2v) is 7.99. The van der Waals surface area contributed by atoms with Crippen molar-refractivity contribution in [2.45, 2.75) is 46.9 Å². The largest absolute Gasteiger partial charge is 1.00 e. The predicted molar refractivity (Wildman–Crippen MR) is 112 cm³/mol. The smallest absolute Gasteiger partial charge is 0.159 e. The van der Waals surface area contributed by atoms with E-state index in [1.807, 2.05) is 30.2 Å². The Morgan fingerprint density at radius 1 is 1.04 bits per heavy atom. The van der Waals surface area contributed by atoms with Crippen LogP contribution in [0.2, 0.25) is 0 Å². The van der Waals surface area contributed by atoms with E-state index in [0.717, 1.165) is 30.8 Å². The van der Waals surface area contributed by atoms with Gasteiger partial charge in [-0.2, -0.15) is 0 Å². The molecule has 0 unspecified atom stereocenters. The molecule has 1 aromatic carbocycles. The normalized spacial score (nSPS) is 14.3. The van der Waals surface area contributed by atoms with E-state index >= 15 is 0 Å². The molecule has 1 aromatic heterocycles. The topological polar surface area (TPSA) is 40.5 Å². The predicted octanol–water partition coefficient (Wildman–Crippen LogP) is 1.24. The first kappa shape index (κ1) is 21.7. The number of halogens is 1. The van der Waals surface area contributed by atoms with Gasteiger partial charge in [0.25, 0.3) is 0 Å². The fraction of sp³-hybridized carbons (Fsp3) is 0.429. The van der Waals surface area contributed by atoms with Crippen molar-refractivity contribution in [3.63, 3.8) is 0 Å². The van der Waals surface area contributed by atoms with Crippen LogP contribution < -0.4 is 17.7 Å². The summed E-state index contributed by atoms with van der Waals surface area (Å²) in [7, 11) is 0. The van der Waals surface area contributed by atoms with Gasteiger partial charge in [-0.05, 0) is 79.6 Å². The van der Waals surface area contributed by atoms with Gasteiger partial charge in [0.15, 0.2) is 5.17 Å². The second kappa shape index (κ2) is 9.58. The van der Waals surface area contributed by atoms with Crippen molar-refractivity contribution in [3.05, 3.63) is 63.5 Å². The molecule has 0 aliphatic carbocycles. The van der Waals surface area contributed by atoms with Gasteiger partial charge >= 0.3 is 0 Å². The van der Waals surface area contributed by atoms with Gasteiger partial charge in [0.1, 0.15) is 0 Å². The van der Waals surface area contributed by atoms with Crippen LogP contribution in [0.5, 0.6) is 0 Å². The molecule has 0 amide bonds. The molecular formula is C21H28ClN4S-. The van der Waals surface area contributed by atoms with Crippen LogP contribution in [0.4, 0.5) is 0 Å². The van der Waals surface area contributed by atoms with Gasteiger partial charge < -0.3 is 17.7 Å². The number of nitrogens with zero attached hydrogens (tertiary/aromatic N) is 3. The number of rotatable bonds is 4. The van der Waals surface area contributed by atoms with E-state index in [0.29, 0.717) is 0 Å². The Morgan fingerprint density at radius 3 is 2.26 bits per heavy atom. The zero-order valence-electron chi connectivity index (χ0n) is 16.8. The molecule has 6 heteroatoms. The average Bonchev–Trinajstić information content (AvgIpc) is 2.67. The number of amidine groups is 1. The molecule has 0 radical (unpaired) electrons. The highest BCUT2D eigenvalue weighted by atomic mass is 35.5. The van der Waals surface area contributed by atoms with Crippen molar-refractivity contribution in [3.8, 4) is 0 Å². The zero-order valence-corrected chi connectivity index (χ0v) is 18.3. The molecule has 2 aromatic rings. The van der Waals surface area contributed by atoms with E-state index in [9.17, 15) is 0 Å². The molecule has 0 spiro atoms. The monoisotopic (exact) mass is 403 g/mol. The van der Waals surface area contributed by atoms with Crippen molar-refractivity contribution in [2.75, 3.05) is 13.3 Å². The van der Waals surface area contributed by atoms with E-state index in [4.69, 9.17) is 4.99 Å². The molecule has 0 saturated carbocycles. The van der Waals surface area contributed by atoms with Crippen LogP contribution in [0, 0.1) is 34.6 Å². The van der Waals surface area contributed by atoms with Gasteiger partial charge in [0.2, 0.25) is 0 Å². The molecule has 0 fully saturated rings. The Hall–Kier alpha value is -1.56. The zero-order chi connectivity index (χ0) is 18.7. The third-order valence-corrected chi connectivity index (χ3v) is 6.49. The summed E-state index contributed by atoms with van der Waals surface area (Å²) in [6.45, 7) is 13.6. The second-order valence-electron chi connectivity index (χ2n) is 7.02. The lowest BCUT2D eigenvalue weighted by molar-refractivity contribution is -0.00000568. The number of pyridine rings is 1. The van der Waals surface area contributed by atoms with E-state index in [2.05, 4.69) is 55.9 Å². The molecule has 1 aliphatic rings. The molecule has 1 N–H and O–H groups in total. The number of aliphatic imine (C=N–C) groups is 1. The first-order chi connectivity index (χ1) is 12.5. The Labute approximate surface area is 173 Å². The number of benzene rings is 1. The van der Waals surface area contributed by atoms with Gasteiger partial charge in [0.05, 0.1) is 13.3 Å². The lowest BCUT2D eigenvalue weighted by Crippen LogP contribution is -3.00. The van der Waals surface area contributed by atoms with Gasteiger partial charge in [-0.3, -0.25) is 9.88 Å². The van der Waals surface area contributed by atoms with Crippen LogP contribution in [0.15, 0.2) is 29.5 Å². The van der Waals surface area contributed by atoms with Crippen LogP contribution in [0.25, 0.3) is 0 Å². The number of hydrogen-bond acceptors (Lipinski definition) is 5. The fourth-order valence-corrected chi connectivity index (χ4v) is 4.37. The Balaban J connectivity index is 0.00000261. The number of thioether (sulfide) groups is 1. The van der Waals surface area contributed by atoms with E-state index in [-0.39, 0.29) is 12.4 Å². The molecule has 27 heavy (non-hydrogen) atoms. The van der Waals surface area contributed by atoms with E-state index in [1.165, 1.54) is 38.9 Å². The van der Waals surface area contributed by atoms with Crippen molar-refractivity contribution < 1.29 is 12.4 Å². The molecule has 4 nitrogen and oxygen atoms in total. The Bertz CT molecular complexity index is 792. The van der Waals surface area contributed by atoms with Gasteiger partial charge in [-0.25, -0.2) is 4.99 Å². The molecule has 2 heterocycles. The minimum atomic E-state index is 0. The van der Waals surface area contributed by atoms with E-state index < -0.39 is 0 Å². The Kier molecular flexibility index (Phi) is 7.71. The van der Waals surface area contributed by atoms with Crippen LogP contribution in [-0.2, 0) is 12.3 Å². The Morgan fingerprint density at radius 2 is 1.70 bits per heavy atom. The third kappa shape index (κ3) is 5.03.